The first kappa shape index (κ1) is 27.0. The molecule has 42 heavy (non-hydrogen) atoms. The molecule has 0 spiro atoms. The zero-order valence-electron chi connectivity index (χ0n) is 23.9. The minimum Gasteiger partial charge on any atom is -0.478 e. The Morgan fingerprint density at radius 2 is 1.52 bits per heavy atom. The third-order valence-electron chi connectivity index (χ3n) is 8.29. The number of nitrogens with one attached hydrogen (secondary N) is 1. The molecule has 1 amide bonds. The van der Waals surface area contributed by atoms with Gasteiger partial charge in [-0.25, -0.2) is 4.79 Å². The van der Waals surface area contributed by atoms with E-state index in [-0.39, 0.29) is 11.9 Å². The van der Waals surface area contributed by atoms with Gasteiger partial charge in [-0.15, -0.1) is 0 Å². The van der Waals surface area contributed by atoms with Crippen LogP contribution in [0.15, 0.2) is 109 Å². The minimum atomic E-state index is -0.934. The van der Waals surface area contributed by atoms with Crippen LogP contribution >= 0.6 is 0 Å². The summed E-state index contributed by atoms with van der Waals surface area (Å²) in [5.74, 6) is -1.03. The lowest BCUT2D eigenvalue weighted by atomic mass is 9.99. The molecule has 5 nitrogen and oxygen atoms in total. The maximum absolute atomic E-state index is 13.3. The summed E-state index contributed by atoms with van der Waals surface area (Å²) in [7, 11) is 0. The summed E-state index contributed by atoms with van der Waals surface area (Å²) in [6, 6.07) is 35.4. The Morgan fingerprint density at radius 1 is 0.810 bits per heavy atom. The van der Waals surface area contributed by atoms with Gasteiger partial charge < -0.3 is 15.0 Å². The van der Waals surface area contributed by atoms with Gasteiger partial charge in [0.2, 0.25) is 0 Å². The molecule has 1 atom stereocenters. The molecule has 0 saturated carbocycles. The van der Waals surface area contributed by atoms with Gasteiger partial charge in [0.05, 0.1) is 11.6 Å². The molecule has 5 aromatic carbocycles. The van der Waals surface area contributed by atoms with Gasteiger partial charge in [0.1, 0.15) is 0 Å². The number of aromatic carboxylic acids is 1. The second kappa shape index (κ2) is 11.0. The Morgan fingerprint density at radius 3 is 2.29 bits per heavy atom. The number of carboxylic acid groups (broad SMARTS) is 1. The number of carbonyl (C=O) groups excluding carboxylic acids is 1. The molecule has 0 fully saturated rings. The minimum absolute atomic E-state index is 0.0976. The van der Waals surface area contributed by atoms with E-state index in [0.717, 1.165) is 44.2 Å². The molecule has 0 aliphatic heterocycles. The predicted octanol–water partition coefficient (Wildman–Crippen LogP) is 8.32. The standard InChI is InChI=1S/C37H32N2O3/c1-23-25(3)39(22-26-12-14-28(15-13-26)32-10-6-7-11-33(32)37(41)42)35-19-18-31(21-34(23)35)36(40)38-24(2)29-17-16-27-8-4-5-9-30(27)20-29/h4-21,24H,22H2,1-3H3,(H,38,40)(H,41,42). The van der Waals surface area contributed by atoms with E-state index in [2.05, 4.69) is 54.1 Å². The van der Waals surface area contributed by atoms with Crippen LogP contribution in [0.4, 0.5) is 0 Å². The van der Waals surface area contributed by atoms with Gasteiger partial charge in [-0.1, -0.05) is 78.9 Å². The summed E-state index contributed by atoms with van der Waals surface area (Å²) in [6.07, 6.45) is 0. The van der Waals surface area contributed by atoms with Crippen molar-refractivity contribution >= 4 is 33.6 Å². The largest absolute Gasteiger partial charge is 0.478 e. The van der Waals surface area contributed by atoms with Crippen LogP contribution in [0.2, 0.25) is 0 Å². The van der Waals surface area contributed by atoms with E-state index in [0.29, 0.717) is 23.2 Å². The third-order valence-corrected chi connectivity index (χ3v) is 8.29. The number of carboxylic acids is 1. The predicted molar refractivity (Wildman–Crippen MR) is 169 cm³/mol. The Bertz CT molecular complexity index is 1970. The molecule has 0 saturated heterocycles. The van der Waals surface area contributed by atoms with Crippen molar-refractivity contribution in [2.75, 3.05) is 0 Å². The van der Waals surface area contributed by atoms with E-state index >= 15 is 0 Å². The van der Waals surface area contributed by atoms with Gasteiger partial charge in [-0.2, -0.15) is 0 Å². The van der Waals surface area contributed by atoms with Crippen LogP contribution < -0.4 is 5.32 Å². The number of aromatic nitrogens is 1. The molecule has 0 bridgehead atoms. The van der Waals surface area contributed by atoms with Crippen molar-refractivity contribution in [3.05, 3.63) is 143 Å². The normalized spacial score (nSPS) is 12.0. The van der Waals surface area contributed by atoms with Crippen LogP contribution in [0.5, 0.6) is 0 Å². The maximum atomic E-state index is 13.3. The molecule has 6 aromatic rings. The van der Waals surface area contributed by atoms with Gasteiger partial charge in [-0.3, -0.25) is 4.79 Å². The first-order chi connectivity index (χ1) is 20.3. The first-order valence-electron chi connectivity index (χ1n) is 14.1. The van der Waals surface area contributed by atoms with E-state index < -0.39 is 5.97 Å². The van der Waals surface area contributed by atoms with Gasteiger partial charge in [0, 0.05) is 28.7 Å². The Balaban J connectivity index is 1.23. The molecule has 0 radical (unpaired) electrons. The molecule has 1 heterocycles. The number of carbonyl (C=O) groups is 2. The maximum Gasteiger partial charge on any atom is 0.336 e. The smallest absolute Gasteiger partial charge is 0.336 e. The molecular weight excluding hydrogens is 520 g/mol. The highest BCUT2D eigenvalue weighted by molar-refractivity contribution is 5.99. The van der Waals surface area contributed by atoms with Crippen molar-refractivity contribution in [3.63, 3.8) is 0 Å². The van der Waals surface area contributed by atoms with Crippen molar-refractivity contribution in [2.24, 2.45) is 0 Å². The number of hydrogen-bond acceptors (Lipinski definition) is 2. The third kappa shape index (κ3) is 5.06. The number of rotatable bonds is 7. The average molecular weight is 553 g/mol. The quantitative estimate of drug-likeness (QED) is 0.209. The fraction of sp³-hybridized carbons (Fsp3) is 0.135. The van der Waals surface area contributed by atoms with Gasteiger partial charge in [0.25, 0.3) is 5.91 Å². The van der Waals surface area contributed by atoms with Crippen molar-refractivity contribution in [1.82, 2.24) is 9.88 Å². The number of hydrogen-bond donors (Lipinski definition) is 2. The van der Waals surface area contributed by atoms with Crippen molar-refractivity contribution in [1.29, 1.82) is 0 Å². The van der Waals surface area contributed by atoms with Crippen LogP contribution in [-0.4, -0.2) is 21.6 Å². The number of amides is 1. The molecular formula is C37H32N2O3. The van der Waals surface area contributed by atoms with E-state index in [1.807, 2.05) is 73.7 Å². The zero-order valence-corrected chi connectivity index (χ0v) is 23.9. The molecule has 1 unspecified atom stereocenters. The Labute approximate surface area is 245 Å². The Kier molecular flexibility index (Phi) is 7.09. The van der Waals surface area contributed by atoms with Gasteiger partial charge >= 0.3 is 5.97 Å². The van der Waals surface area contributed by atoms with Crippen LogP contribution in [0.3, 0.4) is 0 Å². The molecule has 2 N–H and O–H groups in total. The second-order valence-corrected chi connectivity index (χ2v) is 10.9. The molecule has 0 aliphatic carbocycles. The lowest BCUT2D eigenvalue weighted by Gasteiger charge is -2.15. The van der Waals surface area contributed by atoms with Gasteiger partial charge in [0.15, 0.2) is 0 Å². The first-order valence-corrected chi connectivity index (χ1v) is 14.1. The van der Waals surface area contributed by atoms with E-state index in [4.69, 9.17) is 0 Å². The second-order valence-electron chi connectivity index (χ2n) is 10.9. The summed E-state index contributed by atoms with van der Waals surface area (Å²) in [6.45, 7) is 6.88. The van der Waals surface area contributed by atoms with Gasteiger partial charge in [-0.05, 0) is 89.7 Å². The fourth-order valence-corrected chi connectivity index (χ4v) is 5.73. The van der Waals surface area contributed by atoms with E-state index in [9.17, 15) is 14.7 Å². The van der Waals surface area contributed by atoms with E-state index in [1.54, 1.807) is 12.1 Å². The van der Waals surface area contributed by atoms with Crippen LogP contribution in [-0.2, 0) is 6.54 Å². The van der Waals surface area contributed by atoms with Crippen LogP contribution in [0.25, 0.3) is 32.8 Å². The van der Waals surface area contributed by atoms with Crippen LogP contribution in [0.1, 0.15) is 56.1 Å². The molecule has 0 aliphatic rings. The fourth-order valence-electron chi connectivity index (χ4n) is 5.73. The lowest BCUT2D eigenvalue weighted by Crippen LogP contribution is -2.26. The number of aryl methyl sites for hydroxylation is 1. The molecule has 208 valence electrons. The van der Waals surface area contributed by atoms with E-state index in [1.165, 1.54) is 5.39 Å². The highest BCUT2D eigenvalue weighted by atomic mass is 16.4. The van der Waals surface area contributed by atoms with Crippen LogP contribution in [0, 0.1) is 13.8 Å². The summed E-state index contributed by atoms with van der Waals surface area (Å²) < 4.78 is 2.27. The SMILES string of the molecule is Cc1c(C)n(Cc2ccc(-c3ccccc3C(=O)O)cc2)c2ccc(C(=O)NC(C)c3ccc4ccccc4c3)cc12. The molecule has 1 aromatic heterocycles. The Hall–Kier alpha value is -5.16. The zero-order chi connectivity index (χ0) is 29.4. The summed E-state index contributed by atoms with van der Waals surface area (Å²) in [5, 5.41) is 16.1. The number of fused-ring (bicyclic) bond motifs is 2. The monoisotopic (exact) mass is 552 g/mol. The summed E-state index contributed by atoms with van der Waals surface area (Å²) in [5.41, 5.74) is 8.05. The molecule has 6 rings (SSSR count). The summed E-state index contributed by atoms with van der Waals surface area (Å²) >= 11 is 0. The summed E-state index contributed by atoms with van der Waals surface area (Å²) in [4.78, 5) is 25.0. The van der Waals surface area contributed by atoms with Crippen molar-refractivity contribution in [2.45, 2.75) is 33.4 Å². The number of nitrogens with zero attached hydrogens (tertiary/aromatic N) is 1. The number of benzene rings is 5. The highest BCUT2D eigenvalue weighted by Crippen LogP contribution is 2.29. The topological polar surface area (TPSA) is 71.3 Å². The average Bonchev–Trinajstić information content (AvgIpc) is 3.25. The lowest BCUT2D eigenvalue weighted by molar-refractivity contribution is 0.0697. The highest BCUT2D eigenvalue weighted by Gasteiger charge is 2.17. The van der Waals surface area contributed by atoms with Crippen molar-refractivity contribution < 1.29 is 14.7 Å². The molecule has 5 heteroatoms. The van der Waals surface area contributed by atoms with Crippen molar-refractivity contribution in [3.8, 4) is 11.1 Å².